The molecule has 4 aliphatic rings. The van der Waals surface area contributed by atoms with Crippen molar-refractivity contribution >= 4 is 45.1 Å². The molecular weight excluding hydrogens is 593 g/mol. The number of esters is 1. The predicted molar refractivity (Wildman–Crippen MR) is 164 cm³/mol. The van der Waals surface area contributed by atoms with E-state index in [-0.39, 0.29) is 37.8 Å². The van der Waals surface area contributed by atoms with Crippen molar-refractivity contribution in [1.29, 1.82) is 0 Å². The zero-order valence-corrected chi connectivity index (χ0v) is 27.0. The van der Waals surface area contributed by atoms with Gasteiger partial charge in [-0.15, -0.1) is 0 Å². The Hall–Kier alpha value is -2.09. The molecule has 1 amide bonds. The van der Waals surface area contributed by atoms with Gasteiger partial charge in [-0.25, -0.2) is 17.5 Å². The van der Waals surface area contributed by atoms with Crippen LogP contribution in [0.15, 0.2) is 36.4 Å². The van der Waals surface area contributed by atoms with E-state index in [1.54, 1.807) is 0 Å². The minimum atomic E-state index is -3.91. The molecule has 2 bridgehead atoms. The summed E-state index contributed by atoms with van der Waals surface area (Å²) in [6.45, 7) is 8.56. The third-order valence-corrected chi connectivity index (χ3v) is 14.0. The Morgan fingerprint density at radius 2 is 1.74 bits per heavy atom. The Labute approximate surface area is 259 Å². The lowest BCUT2D eigenvalue weighted by Crippen LogP contribution is -2.44. The van der Waals surface area contributed by atoms with Crippen LogP contribution in [0.1, 0.15) is 111 Å². The molecule has 0 unspecified atom stereocenters. The summed E-state index contributed by atoms with van der Waals surface area (Å²) >= 11 is 12.8. The fourth-order valence-corrected chi connectivity index (χ4v) is 11.6. The molecule has 5 atom stereocenters. The second kappa shape index (κ2) is 10.2. The number of fused-ring (bicyclic) bond motifs is 2. The Morgan fingerprint density at radius 1 is 1.05 bits per heavy atom. The minimum absolute atomic E-state index is 0.0599. The molecule has 1 aliphatic heterocycles. The summed E-state index contributed by atoms with van der Waals surface area (Å²) in [5.74, 6) is -1.15. The molecule has 0 N–H and O–H groups in total. The maximum atomic E-state index is 14.3. The van der Waals surface area contributed by atoms with Crippen molar-refractivity contribution in [1.82, 2.24) is 4.31 Å². The molecule has 226 valence electrons. The van der Waals surface area contributed by atoms with Gasteiger partial charge >= 0.3 is 5.97 Å². The third-order valence-electron chi connectivity index (χ3n) is 11.4. The number of hydrogen-bond donors (Lipinski definition) is 0. The first-order chi connectivity index (χ1) is 19.8. The van der Waals surface area contributed by atoms with Crippen LogP contribution in [0.25, 0.3) is 0 Å². The van der Waals surface area contributed by atoms with Gasteiger partial charge in [-0.3, -0.25) is 4.79 Å². The van der Waals surface area contributed by atoms with Crippen molar-refractivity contribution < 1.29 is 22.7 Å². The molecule has 0 radical (unpaired) electrons. The molecule has 0 aromatic heterocycles. The maximum absolute atomic E-state index is 14.3. The minimum Gasteiger partial charge on any atom is -0.453 e. The van der Waals surface area contributed by atoms with Gasteiger partial charge in [0.15, 0.2) is 0 Å². The number of rotatable bonds is 6. The predicted octanol–water partition coefficient (Wildman–Crippen LogP) is 8.01. The van der Waals surface area contributed by atoms with Gasteiger partial charge in [0.2, 0.25) is 10.0 Å². The number of benzene rings is 2. The molecule has 2 aromatic carbocycles. The maximum Gasteiger partial charge on any atom is 0.339 e. The van der Waals surface area contributed by atoms with Gasteiger partial charge in [-0.1, -0.05) is 88.0 Å². The molecule has 1 saturated heterocycles. The number of unbranched alkanes of at least 4 members (excludes halogenated alkanes) is 1. The van der Waals surface area contributed by atoms with Crippen LogP contribution in [0.2, 0.25) is 10.0 Å². The van der Waals surface area contributed by atoms with Crippen LogP contribution in [0.4, 0.5) is 0 Å². The first-order valence-electron chi connectivity index (χ1n) is 15.1. The van der Waals surface area contributed by atoms with Crippen LogP contribution in [-0.4, -0.2) is 36.4 Å². The highest BCUT2D eigenvalue weighted by Crippen LogP contribution is 2.70. The second-order valence-electron chi connectivity index (χ2n) is 13.8. The van der Waals surface area contributed by atoms with E-state index in [1.165, 1.54) is 12.1 Å². The fourth-order valence-electron chi connectivity index (χ4n) is 8.72. The average molecular weight is 633 g/mol. The lowest BCUT2D eigenvalue weighted by atomic mass is 9.68. The average Bonchev–Trinajstić information content (AvgIpc) is 3.42. The molecule has 6 nitrogen and oxygen atoms in total. The molecule has 1 spiro atoms. The van der Waals surface area contributed by atoms with Gasteiger partial charge in [0.1, 0.15) is 6.10 Å². The van der Waals surface area contributed by atoms with E-state index in [2.05, 4.69) is 33.8 Å². The lowest BCUT2D eigenvalue weighted by molar-refractivity contribution is -0.0275. The van der Waals surface area contributed by atoms with Crippen LogP contribution in [0.5, 0.6) is 0 Å². The summed E-state index contributed by atoms with van der Waals surface area (Å²) in [6, 6.07) is 10.2. The van der Waals surface area contributed by atoms with Crippen LogP contribution >= 0.6 is 23.2 Å². The van der Waals surface area contributed by atoms with Gasteiger partial charge in [-0.2, -0.15) is 0 Å². The van der Waals surface area contributed by atoms with Gasteiger partial charge in [0.05, 0.1) is 33.0 Å². The Morgan fingerprint density at radius 3 is 2.43 bits per heavy atom. The number of sulfonamides is 1. The Kier molecular flexibility index (Phi) is 7.30. The SMILES string of the molecule is CCCC[C@@]1(C)CCc2ccccc2[C@H]1OC(=O)c1cc(Cl)c(Cl)cc1C(=O)N1[C@@H]2C[C@H]3CC[C@]2(CS1(=O)=O)C3(C)C. The Bertz CT molecular complexity index is 1570. The lowest BCUT2D eigenvalue weighted by Gasteiger charge is -2.42. The van der Waals surface area contributed by atoms with Crippen molar-refractivity contribution in [3.05, 3.63) is 68.7 Å². The van der Waals surface area contributed by atoms with Crippen molar-refractivity contribution in [3.8, 4) is 0 Å². The molecular formula is C33H39Cl2NO5S. The third kappa shape index (κ3) is 4.35. The monoisotopic (exact) mass is 631 g/mol. The smallest absolute Gasteiger partial charge is 0.339 e. The fraction of sp³-hybridized carbons (Fsp3) is 0.576. The number of amides is 1. The molecule has 3 aliphatic carbocycles. The highest BCUT2D eigenvalue weighted by Gasteiger charge is 2.72. The quantitative estimate of drug-likeness (QED) is 0.302. The van der Waals surface area contributed by atoms with Crippen LogP contribution in [-0.2, 0) is 21.2 Å². The molecule has 42 heavy (non-hydrogen) atoms. The molecule has 1 heterocycles. The summed E-state index contributed by atoms with van der Waals surface area (Å²) in [7, 11) is -3.91. The van der Waals surface area contributed by atoms with Gasteiger partial charge in [0, 0.05) is 10.8 Å². The highest BCUT2D eigenvalue weighted by molar-refractivity contribution is 7.90. The van der Waals surface area contributed by atoms with E-state index >= 15 is 0 Å². The number of ether oxygens (including phenoxy) is 1. The van der Waals surface area contributed by atoms with Crippen LogP contribution in [0, 0.1) is 22.2 Å². The van der Waals surface area contributed by atoms with E-state index < -0.39 is 39.5 Å². The van der Waals surface area contributed by atoms with E-state index in [4.69, 9.17) is 27.9 Å². The summed E-state index contributed by atoms with van der Waals surface area (Å²) in [5.41, 5.74) is 0.981. The number of carbonyl (C=O) groups is 2. The van der Waals surface area contributed by atoms with Crippen molar-refractivity contribution in [2.75, 3.05) is 5.75 Å². The topological polar surface area (TPSA) is 80.8 Å². The first kappa shape index (κ1) is 30.0. The van der Waals surface area contributed by atoms with E-state index in [1.807, 2.05) is 18.2 Å². The molecule has 2 saturated carbocycles. The first-order valence-corrected chi connectivity index (χ1v) is 17.5. The number of halogens is 2. The van der Waals surface area contributed by atoms with Gasteiger partial charge in [0.25, 0.3) is 5.91 Å². The standard InChI is InChI=1S/C33H39Cl2NO5S/c1-5-6-13-32(4)14-11-20-9-7-8-10-22(20)28(32)41-30(38)24-18-26(35)25(34)17-23(24)29(37)36-27-16-21-12-15-33(27,31(21,2)3)19-42(36,39)40/h7-10,17-18,21,27-28H,5-6,11-16,19H2,1-4H3/t21-,27-,28-,32+,33-/m1/s1. The van der Waals surface area contributed by atoms with E-state index in [0.717, 1.165) is 60.4 Å². The summed E-state index contributed by atoms with van der Waals surface area (Å²) in [4.78, 5) is 28.3. The zero-order chi connectivity index (χ0) is 30.2. The van der Waals surface area contributed by atoms with Crippen molar-refractivity contribution in [2.24, 2.45) is 22.2 Å². The summed E-state index contributed by atoms with van der Waals surface area (Å²) in [6.07, 6.45) is 6.50. The normalized spacial score (nSPS) is 32.0. The number of aryl methyl sites for hydroxylation is 1. The van der Waals surface area contributed by atoms with Crippen molar-refractivity contribution in [3.63, 3.8) is 0 Å². The van der Waals surface area contributed by atoms with Gasteiger partial charge < -0.3 is 4.74 Å². The molecule has 2 aromatic rings. The van der Waals surface area contributed by atoms with Crippen LogP contribution in [0.3, 0.4) is 0 Å². The van der Waals surface area contributed by atoms with E-state index in [9.17, 15) is 18.0 Å². The second-order valence-corrected chi connectivity index (χ2v) is 16.4. The largest absolute Gasteiger partial charge is 0.453 e. The summed E-state index contributed by atoms with van der Waals surface area (Å²) in [5, 5.41) is 0.173. The number of hydrogen-bond acceptors (Lipinski definition) is 5. The highest BCUT2D eigenvalue weighted by atomic mass is 35.5. The molecule has 3 fully saturated rings. The number of nitrogens with zero attached hydrogens (tertiary/aromatic N) is 1. The van der Waals surface area contributed by atoms with Gasteiger partial charge in [-0.05, 0) is 73.1 Å². The van der Waals surface area contributed by atoms with E-state index in [0.29, 0.717) is 12.3 Å². The van der Waals surface area contributed by atoms with Crippen molar-refractivity contribution in [2.45, 2.75) is 91.2 Å². The van der Waals surface area contributed by atoms with Crippen LogP contribution < -0.4 is 0 Å². The number of carbonyl (C=O) groups excluding carboxylic acids is 2. The summed E-state index contributed by atoms with van der Waals surface area (Å²) < 4.78 is 34.7. The molecule has 9 heteroatoms. The zero-order valence-electron chi connectivity index (χ0n) is 24.7. The molecule has 6 rings (SSSR count). The Balaban J connectivity index is 1.39.